The summed E-state index contributed by atoms with van der Waals surface area (Å²) in [5.41, 5.74) is 1.22. The largest absolute Gasteiger partial charge is 0.497 e. The predicted molar refractivity (Wildman–Crippen MR) is 138 cm³/mol. The number of hydrogen-bond acceptors (Lipinski definition) is 5. The molecule has 0 spiro atoms. The van der Waals surface area contributed by atoms with E-state index in [0.29, 0.717) is 6.04 Å². The molecule has 1 aromatic rings. The SMILES string of the molecule is CCNC(=NCCCN1CCCC1)NC1CCN(Cc2cc(OC)cc(OC)c2)C1.I. The zero-order valence-electron chi connectivity index (χ0n) is 19.4. The molecular weight excluding hydrogens is 505 g/mol. The van der Waals surface area contributed by atoms with Gasteiger partial charge in [-0.15, -0.1) is 24.0 Å². The molecule has 8 heteroatoms. The van der Waals surface area contributed by atoms with Gasteiger partial charge in [0.2, 0.25) is 0 Å². The van der Waals surface area contributed by atoms with Gasteiger partial charge in [-0.1, -0.05) is 0 Å². The minimum absolute atomic E-state index is 0. The lowest BCUT2D eigenvalue weighted by Crippen LogP contribution is -2.44. The van der Waals surface area contributed by atoms with Gasteiger partial charge in [0.05, 0.1) is 14.2 Å². The summed E-state index contributed by atoms with van der Waals surface area (Å²) in [7, 11) is 3.39. The van der Waals surface area contributed by atoms with E-state index in [1.807, 2.05) is 6.07 Å². The number of halogens is 1. The highest BCUT2D eigenvalue weighted by molar-refractivity contribution is 14.0. The molecule has 0 saturated carbocycles. The number of nitrogens with zero attached hydrogens (tertiary/aromatic N) is 3. The van der Waals surface area contributed by atoms with E-state index in [9.17, 15) is 0 Å². The minimum Gasteiger partial charge on any atom is -0.497 e. The van der Waals surface area contributed by atoms with E-state index in [1.165, 1.54) is 38.0 Å². The third-order valence-electron chi connectivity index (χ3n) is 5.88. The van der Waals surface area contributed by atoms with Crippen LogP contribution in [0.2, 0.25) is 0 Å². The molecule has 2 saturated heterocycles. The molecule has 1 atom stereocenters. The molecule has 3 rings (SSSR count). The molecule has 0 aliphatic carbocycles. The summed E-state index contributed by atoms with van der Waals surface area (Å²) in [6.45, 7) is 10.6. The van der Waals surface area contributed by atoms with Crippen molar-refractivity contribution in [1.82, 2.24) is 20.4 Å². The van der Waals surface area contributed by atoms with Crippen LogP contribution in [0.25, 0.3) is 0 Å². The Labute approximate surface area is 205 Å². The van der Waals surface area contributed by atoms with Crippen LogP contribution in [0.1, 0.15) is 38.2 Å². The first-order valence-electron chi connectivity index (χ1n) is 11.4. The number of ether oxygens (including phenoxy) is 2. The fourth-order valence-corrected chi connectivity index (χ4v) is 4.31. The summed E-state index contributed by atoms with van der Waals surface area (Å²) in [6.07, 6.45) is 4.96. The number of nitrogens with one attached hydrogen (secondary N) is 2. The molecular formula is C23H40IN5O2. The monoisotopic (exact) mass is 545 g/mol. The first-order chi connectivity index (χ1) is 14.7. The summed E-state index contributed by atoms with van der Waals surface area (Å²) in [5, 5.41) is 7.05. The summed E-state index contributed by atoms with van der Waals surface area (Å²) >= 11 is 0. The van der Waals surface area contributed by atoms with Gasteiger partial charge >= 0.3 is 0 Å². The van der Waals surface area contributed by atoms with Gasteiger partial charge in [0.1, 0.15) is 11.5 Å². The van der Waals surface area contributed by atoms with Gasteiger partial charge in [-0.2, -0.15) is 0 Å². The highest BCUT2D eigenvalue weighted by Gasteiger charge is 2.23. The highest BCUT2D eigenvalue weighted by Crippen LogP contribution is 2.24. The quantitative estimate of drug-likeness (QED) is 0.204. The van der Waals surface area contributed by atoms with Crippen LogP contribution >= 0.6 is 24.0 Å². The summed E-state index contributed by atoms with van der Waals surface area (Å²) in [6, 6.07) is 6.53. The zero-order valence-corrected chi connectivity index (χ0v) is 21.7. The number of benzene rings is 1. The molecule has 31 heavy (non-hydrogen) atoms. The maximum Gasteiger partial charge on any atom is 0.191 e. The normalized spacial score (nSPS) is 19.8. The molecule has 0 radical (unpaired) electrons. The molecule has 1 aromatic carbocycles. The lowest BCUT2D eigenvalue weighted by atomic mass is 10.2. The van der Waals surface area contributed by atoms with Crippen molar-refractivity contribution in [2.24, 2.45) is 4.99 Å². The Morgan fingerprint density at radius 2 is 1.77 bits per heavy atom. The van der Waals surface area contributed by atoms with E-state index in [4.69, 9.17) is 14.5 Å². The van der Waals surface area contributed by atoms with Crippen LogP contribution in [0.3, 0.4) is 0 Å². The molecule has 7 nitrogen and oxygen atoms in total. The number of likely N-dealkylation sites (tertiary alicyclic amines) is 2. The van der Waals surface area contributed by atoms with E-state index in [2.05, 4.69) is 39.5 Å². The van der Waals surface area contributed by atoms with Crippen molar-refractivity contribution in [3.63, 3.8) is 0 Å². The van der Waals surface area contributed by atoms with E-state index in [-0.39, 0.29) is 24.0 Å². The molecule has 1 unspecified atom stereocenters. The van der Waals surface area contributed by atoms with Gasteiger partial charge in [0, 0.05) is 44.8 Å². The minimum atomic E-state index is 0. The lowest BCUT2D eigenvalue weighted by molar-refractivity contribution is 0.321. The second-order valence-electron chi connectivity index (χ2n) is 8.25. The fourth-order valence-electron chi connectivity index (χ4n) is 4.31. The number of methoxy groups -OCH3 is 2. The molecule has 176 valence electrons. The average Bonchev–Trinajstić information content (AvgIpc) is 3.43. The van der Waals surface area contributed by atoms with Crippen molar-refractivity contribution >= 4 is 29.9 Å². The van der Waals surface area contributed by atoms with Crippen LogP contribution in [0.4, 0.5) is 0 Å². The Bertz CT molecular complexity index is 660. The molecule has 0 aromatic heterocycles. The Balaban J connectivity index is 0.00000341. The third-order valence-corrected chi connectivity index (χ3v) is 5.88. The lowest BCUT2D eigenvalue weighted by Gasteiger charge is -2.19. The molecule has 2 aliphatic rings. The predicted octanol–water partition coefficient (Wildman–Crippen LogP) is 2.94. The van der Waals surface area contributed by atoms with Crippen LogP contribution < -0.4 is 20.1 Å². The zero-order chi connectivity index (χ0) is 21.2. The van der Waals surface area contributed by atoms with Gasteiger partial charge in [-0.25, -0.2) is 0 Å². The first kappa shape index (κ1) is 26.0. The van der Waals surface area contributed by atoms with E-state index < -0.39 is 0 Å². The molecule has 2 N–H and O–H groups in total. The van der Waals surface area contributed by atoms with Gasteiger partial charge < -0.3 is 25.0 Å². The van der Waals surface area contributed by atoms with Crippen molar-refractivity contribution in [2.45, 2.75) is 45.2 Å². The maximum atomic E-state index is 5.40. The van der Waals surface area contributed by atoms with Crippen molar-refractivity contribution in [1.29, 1.82) is 0 Å². The van der Waals surface area contributed by atoms with Crippen molar-refractivity contribution < 1.29 is 9.47 Å². The highest BCUT2D eigenvalue weighted by atomic mass is 127. The molecule has 2 heterocycles. The topological polar surface area (TPSA) is 61.4 Å². The maximum absolute atomic E-state index is 5.40. The molecule has 2 fully saturated rings. The Morgan fingerprint density at radius 3 is 2.42 bits per heavy atom. The van der Waals surface area contributed by atoms with Crippen LogP contribution in [0.5, 0.6) is 11.5 Å². The van der Waals surface area contributed by atoms with E-state index in [1.54, 1.807) is 14.2 Å². The summed E-state index contributed by atoms with van der Waals surface area (Å²) in [4.78, 5) is 9.84. The van der Waals surface area contributed by atoms with Gasteiger partial charge in [-0.05, 0) is 69.9 Å². The number of rotatable bonds is 10. The van der Waals surface area contributed by atoms with E-state index >= 15 is 0 Å². The number of aliphatic imine (C=N–C) groups is 1. The Morgan fingerprint density at radius 1 is 1.06 bits per heavy atom. The number of hydrogen-bond donors (Lipinski definition) is 2. The Hall–Kier alpha value is -1.26. The third kappa shape index (κ3) is 8.65. The van der Waals surface area contributed by atoms with Gasteiger partial charge in [0.25, 0.3) is 0 Å². The van der Waals surface area contributed by atoms with Crippen LogP contribution in [-0.4, -0.2) is 81.8 Å². The molecule has 0 bridgehead atoms. The van der Waals surface area contributed by atoms with Crippen LogP contribution in [0.15, 0.2) is 23.2 Å². The second-order valence-corrected chi connectivity index (χ2v) is 8.25. The Kier molecular flexibility index (Phi) is 11.7. The standard InChI is InChI=1S/C23H39N5O2.HI/c1-4-24-23(25-9-7-12-27-10-5-6-11-27)26-20-8-13-28(18-20)17-19-14-21(29-2)16-22(15-19)30-3;/h14-16,20H,4-13,17-18H2,1-3H3,(H2,24,25,26);1H. The van der Waals surface area contributed by atoms with E-state index in [0.717, 1.165) is 63.0 Å². The van der Waals surface area contributed by atoms with Crippen molar-refractivity contribution in [3.05, 3.63) is 23.8 Å². The molecule has 2 aliphatic heterocycles. The second kappa shape index (κ2) is 14.0. The first-order valence-corrected chi connectivity index (χ1v) is 11.4. The number of guanidine groups is 1. The molecule has 0 amide bonds. The van der Waals surface area contributed by atoms with Gasteiger partial charge in [-0.3, -0.25) is 9.89 Å². The summed E-state index contributed by atoms with van der Waals surface area (Å²) in [5.74, 6) is 2.64. The fraction of sp³-hybridized carbons (Fsp3) is 0.696. The van der Waals surface area contributed by atoms with Gasteiger partial charge in [0.15, 0.2) is 5.96 Å². The van der Waals surface area contributed by atoms with Crippen LogP contribution in [-0.2, 0) is 6.54 Å². The van der Waals surface area contributed by atoms with Crippen LogP contribution in [0, 0.1) is 0 Å². The van der Waals surface area contributed by atoms with Crippen molar-refractivity contribution in [2.75, 3.05) is 60.0 Å². The average molecular weight is 546 g/mol. The van der Waals surface area contributed by atoms with Crippen molar-refractivity contribution in [3.8, 4) is 11.5 Å². The smallest absolute Gasteiger partial charge is 0.191 e. The summed E-state index contributed by atoms with van der Waals surface area (Å²) < 4.78 is 10.8.